The SMILES string of the molecule is Cn1cnc2cc(O)c(-c3ccc(N(C4CC4)C4CC5CCC(N5)C4F)nn3)cc2c1=O. The van der Waals surface area contributed by atoms with Crippen molar-refractivity contribution in [3.8, 4) is 17.0 Å². The van der Waals surface area contributed by atoms with E-state index in [9.17, 15) is 9.90 Å². The summed E-state index contributed by atoms with van der Waals surface area (Å²) in [5.74, 6) is 0.654. The van der Waals surface area contributed by atoms with E-state index < -0.39 is 6.17 Å². The Morgan fingerprint density at radius 2 is 2.03 bits per heavy atom. The summed E-state index contributed by atoms with van der Waals surface area (Å²) < 4.78 is 16.7. The van der Waals surface area contributed by atoms with Gasteiger partial charge in [0, 0.05) is 36.8 Å². The predicted molar refractivity (Wildman–Crippen MR) is 118 cm³/mol. The van der Waals surface area contributed by atoms with Crippen LogP contribution in [0.25, 0.3) is 22.2 Å². The van der Waals surface area contributed by atoms with E-state index in [4.69, 9.17) is 0 Å². The quantitative estimate of drug-likeness (QED) is 0.648. The van der Waals surface area contributed by atoms with Gasteiger partial charge < -0.3 is 19.9 Å². The molecule has 6 rings (SSSR count). The summed E-state index contributed by atoms with van der Waals surface area (Å²) in [5.41, 5.74) is 1.10. The number of anilines is 1. The molecule has 4 unspecified atom stereocenters. The third-order valence-corrected chi connectivity index (χ3v) is 7.08. The molecule has 4 atom stereocenters. The van der Waals surface area contributed by atoms with Crippen molar-refractivity contribution in [1.82, 2.24) is 25.1 Å². The van der Waals surface area contributed by atoms with Gasteiger partial charge in [-0.3, -0.25) is 4.79 Å². The largest absolute Gasteiger partial charge is 0.507 e. The number of aromatic hydroxyl groups is 1. The van der Waals surface area contributed by atoms with E-state index in [0.717, 1.165) is 32.1 Å². The number of piperidine rings is 1. The molecular weight excluding hydrogens is 411 g/mol. The fourth-order valence-electron chi connectivity index (χ4n) is 5.28. The van der Waals surface area contributed by atoms with Crippen molar-refractivity contribution in [1.29, 1.82) is 0 Å². The molecule has 0 spiro atoms. The van der Waals surface area contributed by atoms with Crippen LogP contribution in [0.4, 0.5) is 10.2 Å². The number of phenolic OH excluding ortho intramolecular Hbond substituents is 1. The first-order valence-electron chi connectivity index (χ1n) is 11.2. The molecule has 2 aromatic heterocycles. The highest BCUT2D eigenvalue weighted by molar-refractivity contribution is 5.86. The van der Waals surface area contributed by atoms with Crippen molar-refractivity contribution in [3.63, 3.8) is 0 Å². The molecule has 3 fully saturated rings. The minimum absolute atomic E-state index is 0.0156. The van der Waals surface area contributed by atoms with Gasteiger partial charge in [-0.1, -0.05) is 0 Å². The normalized spacial score (nSPS) is 27.1. The van der Waals surface area contributed by atoms with E-state index >= 15 is 4.39 Å². The minimum Gasteiger partial charge on any atom is -0.507 e. The first-order chi connectivity index (χ1) is 15.5. The zero-order chi connectivity index (χ0) is 22.0. The van der Waals surface area contributed by atoms with Crippen LogP contribution in [0.3, 0.4) is 0 Å². The molecule has 1 saturated carbocycles. The summed E-state index contributed by atoms with van der Waals surface area (Å²) >= 11 is 0. The average molecular weight is 436 g/mol. The van der Waals surface area contributed by atoms with Crippen LogP contribution < -0.4 is 15.8 Å². The highest BCUT2D eigenvalue weighted by atomic mass is 19.1. The molecule has 0 amide bonds. The van der Waals surface area contributed by atoms with Crippen LogP contribution in [0.2, 0.25) is 0 Å². The predicted octanol–water partition coefficient (Wildman–Crippen LogP) is 2.30. The number of rotatable bonds is 4. The molecule has 2 bridgehead atoms. The molecule has 2 N–H and O–H groups in total. The molecule has 166 valence electrons. The summed E-state index contributed by atoms with van der Waals surface area (Å²) in [6.07, 6.45) is 5.27. The van der Waals surface area contributed by atoms with Crippen LogP contribution in [-0.4, -0.2) is 55.2 Å². The Labute approximate surface area is 184 Å². The van der Waals surface area contributed by atoms with Crippen LogP contribution in [0.5, 0.6) is 5.75 Å². The number of nitrogens with zero attached hydrogens (tertiary/aromatic N) is 5. The number of fused-ring (bicyclic) bond motifs is 3. The Bertz CT molecular complexity index is 1240. The fourth-order valence-corrected chi connectivity index (χ4v) is 5.28. The van der Waals surface area contributed by atoms with Gasteiger partial charge in [-0.15, -0.1) is 10.2 Å². The van der Waals surface area contributed by atoms with Gasteiger partial charge >= 0.3 is 0 Å². The number of benzene rings is 1. The van der Waals surface area contributed by atoms with Crippen molar-refractivity contribution in [2.24, 2.45) is 7.05 Å². The molecule has 9 heteroatoms. The zero-order valence-electron chi connectivity index (χ0n) is 17.8. The molecule has 3 aromatic rings. The standard InChI is InChI=1S/C23H25FN6O2/c1-29-11-25-18-10-20(31)14(9-15(18)23(29)32)16-6-7-21(28-27-16)30(13-3-4-13)19-8-12-2-5-17(26-12)22(19)24/h6-7,9-13,17,19,22,26,31H,2-5,8H2,1H3. The van der Waals surface area contributed by atoms with Crippen molar-refractivity contribution < 1.29 is 9.50 Å². The zero-order valence-corrected chi connectivity index (χ0v) is 17.8. The van der Waals surface area contributed by atoms with Crippen LogP contribution in [0.15, 0.2) is 35.4 Å². The number of aromatic nitrogens is 4. The molecule has 32 heavy (non-hydrogen) atoms. The minimum atomic E-state index is -0.927. The van der Waals surface area contributed by atoms with Crippen LogP contribution in [0.1, 0.15) is 32.1 Å². The van der Waals surface area contributed by atoms with Crippen molar-refractivity contribution >= 4 is 16.7 Å². The van der Waals surface area contributed by atoms with Crippen molar-refractivity contribution in [3.05, 3.63) is 40.9 Å². The number of halogens is 1. The van der Waals surface area contributed by atoms with E-state index in [2.05, 4.69) is 25.4 Å². The van der Waals surface area contributed by atoms with Gasteiger partial charge in [0.05, 0.1) is 29.0 Å². The molecule has 4 heterocycles. The van der Waals surface area contributed by atoms with Crippen molar-refractivity contribution in [2.45, 2.75) is 62.4 Å². The maximum Gasteiger partial charge on any atom is 0.260 e. The van der Waals surface area contributed by atoms with Gasteiger partial charge in [-0.25, -0.2) is 9.37 Å². The third kappa shape index (κ3) is 3.14. The highest BCUT2D eigenvalue weighted by Gasteiger charge is 2.48. The first-order valence-corrected chi connectivity index (χ1v) is 11.2. The van der Waals surface area contributed by atoms with Crippen LogP contribution in [-0.2, 0) is 7.05 Å². The van der Waals surface area contributed by atoms with Gasteiger partial charge in [-0.2, -0.15) is 0 Å². The Morgan fingerprint density at radius 3 is 2.78 bits per heavy atom. The van der Waals surface area contributed by atoms with E-state index in [1.807, 2.05) is 6.07 Å². The molecule has 2 aliphatic heterocycles. The Hall–Kier alpha value is -3.07. The number of hydrogen-bond donors (Lipinski definition) is 2. The summed E-state index contributed by atoms with van der Waals surface area (Å²) in [5, 5.41) is 23.1. The highest BCUT2D eigenvalue weighted by Crippen LogP contribution is 2.40. The van der Waals surface area contributed by atoms with E-state index in [-0.39, 0.29) is 23.4 Å². The molecule has 2 saturated heterocycles. The second-order valence-electron chi connectivity index (χ2n) is 9.26. The molecule has 8 nitrogen and oxygen atoms in total. The summed E-state index contributed by atoms with van der Waals surface area (Å²) in [6, 6.07) is 7.11. The number of hydrogen-bond acceptors (Lipinski definition) is 7. The van der Waals surface area contributed by atoms with E-state index in [1.165, 1.54) is 17.0 Å². The molecule has 3 aliphatic rings. The van der Waals surface area contributed by atoms with Crippen LogP contribution >= 0.6 is 0 Å². The van der Waals surface area contributed by atoms with Gasteiger partial charge in [0.25, 0.3) is 5.56 Å². The number of alkyl halides is 1. The lowest BCUT2D eigenvalue weighted by molar-refractivity contribution is 0.171. The Kier molecular flexibility index (Phi) is 4.43. The fraction of sp³-hybridized carbons (Fsp3) is 0.478. The lowest BCUT2D eigenvalue weighted by Crippen LogP contribution is -2.57. The molecule has 0 radical (unpaired) electrons. The smallest absolute Gasteiger partial charge is 0.260 e. The number of phenols is 1. The van der Waals surface area contributed by atoms with E-state index in [1.54, 1.807) is 19.2 Å². The molecule has 1 aromatic carbocycles. The topological polar surface area (TPSA) is 96.2 Å². The second-order valence-corrected chi connectivity index (χ2v) is 9.26. The number of nitrogens with one attached hydrogen (secondary N) is 1. The van der Waals surface area contributed by atoms with Crippen molar-refractivity contribution in [2.75, 3.05) is 4.90 Å². The van der Waals surface area contributed by atoms with Gasteiger partial charge in [-0.05, 0) is 50.3 Å². The summed E-state index contributed by atoms with van der Waals surface area (Å²) in [6.45, 7) is 0. The maximum atomic E-state index is 15.3. The Balaban J connectivity index is 1.35. The molecular formula is C23H25FN6O2. The lowest BCUT2D eigenvalue weighted by Gasteiger charge is -2.41. The number of aryl methyl sites for hydroxylation is 1. The molecule has 1 aliphatic carbocycles. The van der Waals surface area contributed by atoms with Gasteiger partial charge in [0.1, 0.15) is 11.9 Å². The Morgan fingerprint density at radius 1 is 1.19 bits per heavy atom. The first kappa shape index (κ1) is 19.6. The summed E-state index contributed by atoms with van der Waals surface area (Å²) in [4.78, 5) is 18.8. The summed E-state index contributed by atoms with van der Waals surface area (Å²) in [7, 11) is 1.63. The average Bonchev–Trinajstić information content (AvgIpc) is 3.54. The monoisotopic (exact) mass is 436 g/mol. The maximum absolute atomic E-state index is 15.3. The van der Waals surface area contributed by atoms with Crippen LogP contribution in [0, 0.1) is 0 Å². The lowest BCUT2D eigenvalue weighted by atomic mass is 9.95. The van der Waals surface area contributed by atoms with Gasteiger partial charge in [0.15, 0.2) is 5.82 Å². The van der Waals surface area contributed by atoms with Gasteiger partial charge in [0.2, 0.25) is 0 Å². The third-order valence-electron chi connectivity index (χ3n) is 7.08. The van der Waals surface area contributed by atoms with E-state index in [0.29, 0.717) is 40.1 Å². The second kappa shape index (κ2) is 7.23.